The van der Waals surface area contributed by atoms with Gasteiger partial charge in [0.25, 0.3) is 5.91 Å². The van der Waals surface area contributed by atoms with Crippen molar-refractivity contribution in [2.75, 3.05) is 37.8 Å². The van der Waals surface area contributed by atoms with E-state index < -0.39 is 0 Å². The minimum absolute atomic E-state index is 0.0255. The number of benzene rings is 1. The smallest absolute Gasteiger partial charge is 0.253 e. The fourth-order valence-corrected chi connectivity index (χ4v) is 3.02. The fourth-order valence-electron chi connectivity index (χ4n) is 3.02. The number of hydrogen-bond acceptors (Lipinski definition) is 3. The summed E-state index contributed by atoms with van der Waals surface area (Å²) >= 11 is 0. The van der Waals surface area contributed by atoms with Crippen molar-refractivity contribution in [1.29, 1.82) is 0 Å². The van der Waals surface area contributed by atoms with Crippen LogP contribution in [0.3, 0.4) is 0 Å². The van der Waals surface area contributed by atoms with Crippen LogP contribution in [0.1, 0.15) is 43.0 Å². The van der Waals surface area contributed by atoms with Gasteiger partial charge in [0.05, 0.1) is 11.4 Å². The van der Waals surface area contributed by atoms with E-state index in [1.54, 1.807) is 19.0 Å². The summed E-state index contributed by atoms with van der Waals surface area (Å²) in [6.45, 7) is 4.33. The second-order valence-corrected chi connectivity index (χ2v) is 6.17. The van der Waals surface area contributed by atoms with Crippen LogP contribution in [0.5, 0.6) is 0 Å². The lowest BCUT2D eigenvalue weighted by Crippen LogP contribution is -2.26. The lowest BCUT2D eigenvalue weighted by atomic mass is 9.98. The second-order valence-electron chi connectivity index (χ2n) is 6.17. The van der Waals surface area contributed by atoms with E-state index in [2.05, 4.69) is 11.8 Å². The van der Waals surface area contributed by atoms with E-state index in [-0.39, 0.29) is 5.91 Å². The molecule has 0 aromatic heterocycles. The van der Waals surface area contributed by atoms with Crippen LogP contribution >= 0.6 is 0 Å². The molecule has 4 heteroatoms. The van der Waals surface area contributed by atoms with Gasteiger partial charge in [0.15, 0.2) is 0 Å². The Morgan fingerprint density at radius 2 is 2.10 bits per heavy atom. The van der Waals surface area contributed by atoms with E-state index in [1.165, 1.54) is 25.7 Å². The van der Waals surface area contributed by atoms with Gasteiger partial charge in [-0.25, -0.2) is 0 Å². The zero-order chi connectivity index (χ0) is 15.4. The first kappa shape index (κ1) is 15.7. The topological polar surface area (TPSA) is 49.6 Å². The number of carbonyl (C=O) groups excluding carboxylic acids is 1. The van der Waals surface area contributed by atoms with Crippen molar-refractivity contribution in [1.82, 2.24) is 4.90 Å². The predicted octanol–water partition coefficient (Wildman–Crippen LogP) is 2.99. The molecular formula is C17H27N3O. The Bertz CT molecular complexity index is 499. The average molecular weight is 289 g/mol. The first-order valence-corrected chi connectivity index (χ1v) is 7.89. The number of hydrogen-bond donors (Lipinski definition) is 1. The Kier molecular flexibility index (Phi) is 5.10. The molecule has 2 N–H and O–H groups in total. The molecule has 1 heterocycles. The van der Waals surface area contributed by atoms with Gasteiger partial charge in [-0.05, 0) is 43.4 Å². The normalized spacial score (nSPS) is 19.2. The van der Waals surface area contributed by atoms with Crippen molar-refractivity contribution in [2.45, 2.75) is 32.6 Å². The van der Waals surface area contributed by atoms with E-state index in [0.29, 0.717) is 5.56 Å². The Morgan fingerprint density at radius 1 is 1.33 bits per heavy atom. The summed E-state index contributed by atoms with van der Waals surface area (Å²) in [5, 5.41) is 0. The Labute approximate surface area is 127 Å². The molecule has 0 spiro atoms. The van der Waals surface area contributed by atoms with Gasteiger partial charge in [0.2, 0.25) is 0 Å². The maximum atomic E-state index is 12.1. The summed E-state index contributed by atoms with van der Waals surface area (Å²) in [4.78, 5) is 16.1. The zero-order valence-electron chi connectivity index (χ0n) is 13.4. The molecule has 0 aliphatic carbocycles. The van der Waals surface area contributed by atoms with E-state index >= 15 is 0 Å². The molecule has 4 nitrogen and oxygen atoms in total. The van der Waals surface area contributed by atoms with Gasteiger partial charge in [-0.2, -0.15) is 0 Å². The van der Waals surface area contributed by atoms with Crippen LogP contribution in [0, 0.1) is 5.92 Å². The highest BCUT2D eigenvalue weighted by molar-refractivity contribution is 5.96. The first-order valence-electron chi connectivity index (χ1n) is 7.89. The van der Waals surface area contributed by atoms with Gasteiger partial charge in [-0.3, -0.25) is 4.79 Å². The molecule has 1 amide bonds. The number of nitrogen functional groups attached to an aromatic ring is 1. The number of nitrogens with zero attached hydrogens (tertiary/aromatic N) is 2. The second kappa shape index (κ2) is 6.83. The van der Waals surface area contributed by atoms with E-state index in [4.69, 9.17) is 5.73 Å². The van der Waals surface area contributed by atoms with Crippen molar-refractivity contribution in [2.24, 2.45) is 5.92 Å². The Hall–Kier alpha value is -1.71. The van der Waals surface area contributed by atoms with E-state index in [9.17, 15) is 4.79 Å². The average Bonchev–Trinajstić information content (AvgIpc) is 2.72. The molecule has 1 unspecified atom stereocenters. The first-order chi connectivity index (χ1) is 10.0. The highest BCUT2D eigenvalue weighted by Gasteiger charge is 2.19. The molecule has 1 aliphatic heterocycles. The van der Waals surface area contributed by atoms with Crippen LogP contribution in [0.2, 0.25) is 0 Å². The number of amides is 1. The molecule has 2 rings (SSSR count). The van der Waals surface area contributed by atoms with Gasteiger partial charge in [0, 0.05) is 32.7 Å². The molecule has 1 atom stereocenters. The van der Waals surface area contributed by atoms with Gasteiger partial charge in [-0.15, -0.1) is 0 Å². The third-order valence-electron chi connectivity index (χ3n) is 4.45. The summed E-state index contributed by atoms with van der Waals surface area (Å²) in [7, 11) is 3.55. The molecule has 0 saturated carbocycles. The number of anilines is 2. The third-order valence-corrected chi connectivity index (χ3v) is 4.45. The molecule has 1 saturated heterocycles. The molecule has 1 aromatic rings. The van der Waals surface area contributed by atoms with Gasteiger partial charge in [0.1, 0.15) is 0 Å². The monoisotopic (exact) mass is 289 g/mol. The standard InChI is InChI=1S/C17H27N3O/c1-4-13-6-5-10-20(11-9-13)16-12-14(7-8-15(16)18)17(21)19(2)3/h7-8,12-13H,4-6,9-11,18H2,1-3H3. The third kappa shape index (κ3) is 3.69. The van der Waals surface area contributed by atoms with E-state index in [0.717, 1.165) is 30.4 Å². The van der Waals surface area contributed by atoms with Crippen molar-refractivity contribution in [3.05, 3.63) is 23.8 Å². The summed E-state index contributed by atoms with van der Waals surface area (Å²) < 4.78 is 0. The molecule has 1 fully saturated rings. The maximum Gasteiger partial charge on any atom is 0.253 e. The van der Waals surface area contributed by atoms with Crippen LogP contribution < -0.4 is 10.6 Å². The van der Waals surface area contributed by atoms with Crippen molar-refractivity contribution < 1.29 is 4.79 Å². The van der Waals surface area contributed by atoms with Crippen molar-refractivity contribution in [3.8, 4) is 0 Å². The maximum absolute atomic E-state index is 12.1. The minimum Gasteiger partial charge on any atom is -0.397 e. The summed E-state index contributed by atoms with van der Waals surface area (Å²) in [6, 6.07) is 5.62. The Balaban J connectivity index is 2.22. The van der Waals surface area contributed by atoms with Gasteiger partial charge in [-0.1, -0.05) is 13.3 Å². The summed E-state index contributed by atoms with van der Waals surface area (Å²) in [6.07, 6.45) is 4.96. The fraction of sp³-hybridized carbons (Fsp3) is 0.588. The van der Waals surface area contributed by atoms with Crippen LogP contribution in [0.15, 0.2) is 18.2 Å². The Morgan fingerprint density at radius 3 is 2.76 bits per heavy atom. The van der Waals surface area contributed by atoms with E-state index in [1.807, 2.05) is 18.2 Å². The summed E-state index contributed by atoms with van der Waals surface area (Å²) in [5.74, 6) is 0.848. The SMILES string of the molecule is CCC1CCCN(c2cc(C(=O)N(C)C)ccc2N)CC1. The van der Waals surface area contributed by atoms with Crippen molar-refractivity contribution in [3.63, 3.8) is 0 Å². The quantitative estimate of drug-likeness (QED) is 0.870. The predicted molar refractivity (Wildman–Crippen MR) is 88.7 cm³/mol. The lowest BCUT2D eigenvalue weighted by Gasteiger charge is -2.25. The summed E-state index contributed by atoms with van der Waals surface area (Å²) in [5.41, 5.74) is 8.63. The van der Waals surface area contributed by atoms with Crippen LogP contribution in [0.4, 0.5) is 11.4 Å². The van der Waals surface area contributed by atoms with Crippen LogP contribution in [0.25, 0.3) is 0 Å². The largest absolute Gasteiger partial charge is 0.397 e. The molecule has 21 heavy (non-hydrogen) atoms. The lowest BCUT2D eigenvalue weighted by molar-refractivity contribution is 0.0827. The number of rotatable bonds is 3. The molecule has 0 radical (unpaired) electrons. The highest BCUT2D eigenvalue weighted by Crippen LogP contribution is 2.29. The molecular weight excluding hydrogens is 262 g/mol. The molecule has 1 aliphatic rings. The van der Waals surface area contributed by atoms with Gasteiger partial charge >= 0.3 is 0 Å². The van der Waals surface area contributed by atoms with Crippen molar-refractivity contribution >= 4 is 17.3 Å². The molecule has 0 bridgehead atoms. The number of nitrogens with two attached hydrogens (primary N) is 1. The van der Waals surface area contributed by atoms with Crippen LogP contribution in [-0.2, 0) is 0 Å². The molecule has 116 valence electrons. The minimum atomic E-state index is 0.0255. The zero-order valence-corrected chi connectivity index (χ0v) is 13.4. The van der Waals surface area contributed by atoms with Crippen LogP contribution in [-0.4, -0.2) is 38.0 Å². The highest BCUT2D eigenvalue weighted by atomic mass is 16.2. The molecule has 1 aromatic carbocycles. The van der Waals surface area contributed by atoms with Gasteiger partial charge < -0.3 is 15.5 Å². The number of carbonyl (C=O) groups is 1.